The van der Waals surface area contributed by atoms with E-state index in [1.807, 2.05) is 13.0 Å². The molecule has 1 amide bonds. The lowest BCUT2D eigenvalue weighted by molar-refractivity contribution is -0.137. The third kappa shape index (κ3) is 6.76. The first-order valence-electron chi connectivity index (χ1n) is 7.04. The molecule has 0 saturated carbocycles. The van der Waals surface area contributed by atoms with Gasteiger partial charge in [0.25, 0.3) is 0 Å². The number of anilines is 1. The number of aliphatic carboxylic acids is 1. The van der Waals surface area contributed by atoms with E-state index in [1.54, 1.807) is 18.2 Å². The number of carboxylic acid groups (broad SMARTS) is 1. The number of ether oxygens (including phenoxy) is 1. The van der Waals surface area contributed by atoms with Crippen molar-refractivity contribution in [1.82, 2.24) is 0 Å². The number of hydrogen-bond donors (Lipinski definition) is 3. The zero-order valence-corrected chi connectivity index (χ0v) is 12.2. The molecule has 6 nitrogen and oxygen atoms in total. The fraction of sp³-hybridized carbons (Fsp3) is 0.467. The van der Waals surface area contributed by atoms with Crippen molar-refractivity contribution in [2.24, 2.45) is 5.73 Å². The minimum Gasteiger partial charge on any atom is -0.494 e. The summed E-state index contributed by atoms with van der Waals surface area (Å²) in [6.07, 6.45) is 1.70. The molecule has 1 unspecified atom stereocenters. The molecular weight excluding hydrogens is 272 g/mol. The Labute approximate surface area is 124 Å². The molecule has 1 atom stereocenters. The van der Waals surface area contributed by atoms with E-state index in [4.69, 9.17) is 15.6 Å². The van der Waals surface area contributed by atoms with Crippen molar-refractivity contribution in [3.05, 3.63) is 24.3 Å². The van der Waals surface area contributed by atoms with Gasteiger partial charge in [-0.25, -0.2) is 0 Å². The molecule has 21 heavy (non-hydrogen) atoms. The summed E-state index contributed by atoms with van der Waals surface area (Å²) in [4.78, 5) is 22.3. The lowest BCUT2D eigenvalue weighted by atomic mass is 10.1. The van der Waals surface area contributed by atoms with Crippen molar-refractivity contribution in [2.75, 3.05) is 11.9 Å². The molecule has 1 aromatic carbocycles. The smallest absolute Gasteiger partial charge is 0.303 e. The first-order valence-corrected chi connectivity index (χ1v) is 7.04. The van der Waals surface area contributed by atoms with Gasteiger partial charge in [0.2, 0.25) is 5.91 Å². The van der Waals surface area contributed by atoms with Crippen molar-refractivity contribution in [3.63, 3.8) is 0 Å². The van der Waals surface area contributed by atoms with E-state index in [2.05, 4.69) is 5.32 Å². The number of carbonyl (C=O) groups is 2. The summed E-state index contributed by atoms with van der Waals surface area (Å²) in [5, 5.41) is 11.3. The number of hydrogen-bond acceptors (Lipinski definition) is 4. The fourth-order valence-electron chi connectivity index (χ4n) is 1.84. The zero-order valence-electron chi connectivity index (χ0n) is 12.2. The molecule has 0 saturated heterocycles. The predicted octanol–water partition coefficient (Wildman–Crippen LogP) is 2.00. The second kappa shape index (κ2) is 8.97. The second-order valence-corrected chi connectivity index (χ2v) is 4.70. The minimum atomic E-state index is -0.833. The van der Waals surface area contributed by atoms with Crippen LogP contribution < -0.4 is 15.8 Å². The van der Waals surface area contributed by atoms with Gasteiger partial charge in [0, 0.05) is 18.2 Å². The summed E-state index contributed by atoms with van der Waals surface area (Å²) < 4.78 is 5.35. The molecule has 6 heteroatoms. The number of carboxylic acids is 1. The van der Waals surface area contributed by atoms with Crippen molar-refractivity contribution >= 4 is 17.6 Å². The molecular formula is C15H22N2O4. The van der Waals surface area contributed by atoms with Crippen LogP contribution in [-0.2, 0) is 9.59 Å². The fourth-order valence-corrected chi connectivity index (χ4v) is 1.84. The molecule has 0 fully saturated rings. The quantitative estimate of drug-likeness (QED) is 0.605. The van der Waals surface area contributed by atoms with Gasteiger partial charge in [0.15, 0.2) is 0 Å². The van der Waals surface area contributed by atoms with Gasteiger partial charge < -0.3 is 20.9 Å². The van der Waals surface area contributed by atoms with Crippen molar-refractivity contribution in [1.29, 1.82) is 0 Å². The van der Waals surface area contributed by atoms with E-state index in [-0.39, 0.29) is 12.3 Å². The van der Waals surface area contributed by atoms with Crippen LogP contribution in [0.1, 0.15) is 32.6 Å². The summed E-state index contributed by atoms with van der Waals surface area (Å²) >= 11 is 0. The monoisotopic (exact) mass is 294 g/mol. The highest BCUT2D eigenvalue weighted by Gasteiger charge is 2.13. The maximum Gasteiger partial charge on any atom is 0.303 e. The number of unbranched alkanes of at least 4 members (excludes halogenated alkanes) is 1. The highest BCUT2D eigenvalue weighted by Crippen LogP contribution is 2.17. The van der Waals surface area contributed by atoms with Crippen molar-refractivity contribution < 1.29 is 19.4 Å². The molecule has 0 spiro atoms. The largest absolute Gasteiger partial charge is 0.494 e. The molecule has 116 valence electrons. The van der Waals surface area contributed by atoms with Crippen molar-refractivity contribution in [3.8, 4) is 5.75 Å². The Morgan fingerprint density at radius 2 is 2.14 bits per heavy atom. The van der Waals surface area contributed by atoms with Gasteiger partial charge in [-0.05, 0) is 31.9 Å². The average Bonchev–Trinajstić information content (AvgIpc) is 2.44. The van der Waals surface area contributed by atoms with Gasteiger partial charge in [0.1, 0.15) is 5.75 Å². The van der Waals surface area contributed by atoms with Crippen LogP contribution in [0, 0.1) is 0 Å². The number of benzene rings is 1. The number of nitrogens with one attached hydrogen (secondary N) is 1. The molecule has 0 aromatic heterocycles. The standard InChI is InChI=1S/C15H22N2O4/c1-2-21-12-7-5-6-11(10-12)17-15(20)13(16)8-3-4-9-14(18)19/h5-7,10,13H,2-4,8-9,16H2,1H3,(H,17,20)(H,18,19). The predicted molar refractivity (Wildman–Crippen MR) is 80.3 cm³/mol. The van der Waals surface area contributed by atoms with Gasteiger partial charge in [-0.1, -0.05) is 12.5 Å². The van der Waals surface area contributed by atoms with Gasteiger partial charge in [0.05, 0.1) is 12.6 Å². The van der Waals surface area contributed by atoms with Crippen LogP contribution in [0.25, 0.3) is 0 Å². The molecule has 0 radical (unpaired) electrons. The van der Waals surface area contributed by atoms with Crippen LogP contribution in [0.2, 0.25) is 0 Å². The van der Waals surface area contributed by atoms with E-state index in [1.165, 1.54) is 0 Å². The topological polar surface area (TPSA) is 102 Å². The third-order valence-corrected chi connectivity index (χ3v) is 2.91. The number of nitrogens with two attached hydrogens (primary N) is 1. The Hall–Kier alpha value is -2.08. The van der Waals surface area contributed by atoms with Crippen molar-refractivity contribution in [2.45, 2.75) is 38.6 Å². The van der Waals surface area contributed by atoms with Crippen LogP contribution in [0.5, 0.6) is 5.75 Å². The lowest BCUT2D eigenvalue weighted by Gasteiger charge is -2.12. The Bertz CT molecular complexity index is 476. The SMILES string of the molecule is CCOc1cccc(NC(=O)C(N)CCCCC(=O)O)c1. The van der Waals surface area contributed by atoms with Crippen LogP contribution in [0.3, 0.4) is 0 Å². The van der Waals surface area contributed by atoms with Crippen LogP contribution >= 0.6 is 0 Å². The molecule has 1 rings (SSSR count). The Morgan fingerprint density at radius 1 is 1.38 bits per heavy atom. The summed E-state index contributed by atoms with van der Waals surface area (Å²) in [5.74, 6) is -0.426. The first-order chi connectivity index (χ1) is 10.0. The number of carbonyl (C=O) groups excluding carboxylic acids is 1. The molecule has 0 heterocycles. The first kappa shape index (κ1) is 17.0. The van der Waals surface area contributed by atoms with Crippen LogP contribution in [0.15, 0.2) is 24.3 Å². The van der Waals surface area contributed by atoms with E-state index >= 15 is 0 Å². The molecule has 1 aromatic rings. The minimum absolute atomic E-state index is 0.102. The molecule has 0 aliphatic rings. The average molecular weight is 294 g/mol. The molecule has 0 bridgehead atoms. The number of rotatable bonds is 9. The summed E-state index contributed by atoms with van der Waals surface area (Å²) in [7, 11) is 0. The summed E-state index contributed by atoms with van der Waals surface area (Å²) in [5.41, 5.74) is 6.42. The summed E-state index contributed by atoms with van der Waals surface area (Å²) in [6.45, 7) is 2.44. The van der Waals surface area contributed by atoms with Gasteiger partial charge >= 0.3 is 5.97 Å². The normalized spacial score (nSPS) is 11.7. The Kier molecular flexibility index (Phi) is 7.25. The highest BCUT2D eigenvalue weighted by atomic mass is 16.5. The van der Waals surface area contributed by atoms with Gasteiger partial charge in [-0.15, -0.1) is 0 Å². The van der Waals surface area contributed by atoms with Gasteiger partial charge in [-0.3, -0.25) is 9.59 Å². The molecule has 4 N–H and O–H groups in total. The van der Waals surface area contributed by atoms with E-state index in [0.29, 0.717) is 37.3 Å². The maximum absolute atomic E-state index is 11.9. The molecule has 0 aliphatic carbocycles. The highest BCUT2D eigenvalue weighted by molar-refractivity contribution is 5.94. The zero-order chi connectivity index (χ0) is 15.7. The maximum atomic E-state index is 11.9. The van der Waals surface area contributed by atoms with Gasteiger partial charge in [-0.2, -0.15) is 0 Å². The third-order valence-electron chi connectivity index (χ3n) is 2.91. The van der Waals surface area contributed by atoms with E-state index in [9.17, 15) is 9.59 Å². The second-order valence-electron chi connectivity index (χ2n) is 4.70. The Morgan fingerprint density at radius 3 is 2.81 bits per heavy atom. The Balaban J connectivity index is 2.41. The van der Waals surface area contributed by atoms with E-state index < -0.39 is 12.0 Å². The van der Waals surface area contributed by atoms with Crippen LogP contribution in [0.4, 0.5) is 5.69 Å². The van der Waals surface area contributed by atoms with Crippen LogP contribution in [-0.4, -0.2) is 29.6 Å². The summed E-state index contributed by atoms with van der Waals surface area (Å²) in [6, 6.07) is 6.45. The molecule has 0 aliphatic heterocycles. The lowest BCUT2D eigenvalue weighted by Crippen LogP contribution is -2.35. The van der Waals surface area contributed by atoms with E-state index in [0.717, 1.165) is 0 Å². The number of amides is 1.